The second kappa shape index (κ2) is 7.85. The molecule has 0 aliphatic heterocycles. The Bertz CT molecular complexity index is 490. The van der Waals surface area contributed by atoms with Crippen LogP contribution in [0.15, 0.2) is 24.3 Å². The summed E-state index contributed by atoms with van der Waals surface area (Å²) in [5.41, 5.74) is 1.68. The summed E-state index contributed by atoms with van der Waals surface area (Å²) < 4.78 is 30.9. The summed E-state index contributed by atoms with van der Waals surface area (Å²) in [5, 5.41) is 0. The fourth-order valence-corrected chi connectivity index (χ4v) is 3.49. The molecule has 19 heavy (non-hydrogen) atoms. The monoisotopic (exact) mass is 305 g/mol. The minimum Gasteiger partial charge on any atom is -0.383 e. The van der Waals surface area contributed by atoms with Gasteiger partial charge in [-0.25, -0.2) is 8.42 Å². The summed E-state index contributed by atoms with van der Waals surface area (Å²) in [7, 11) is -1.75. The maximum absolute atomic E-state index is 12.3. The minimum absolute atomic E-state index is 0.00468. The van der Waals surface area contributed by atoms with Gasteiger partial charge in [-0.2, -0.15) is 4.31 Å². The number of hydrogen-bond donors (Lipinski definition) is 0. The molecule has 0 unspecified atom stereocenters. The van der Waals surface area contributed by atoms with E-state index in [9.17, 15) is 8.42 Å². The van der Waals surface area contributed by atoms with Crippen LogP contribution in [0.2, 0.25) is 0 Å². The number of halogens is 1. The Morgan fingerprint density at radius 3 is 2.58 bits per heavy atom. The number of methoxy groups -OCH3 is 1. The second-order valence-electron chi connectivity index (χ2n) is 4.19. The van der Waals surface area contributed by atoms with E-state index in [4.69, 9.17) is 16.3 Å². The molecule has 0 atom stereocenters. The molecule has 0 fully saturated rings. The van der Waals surface area contributed by atoms with Crippen molar-refractivity contribution in [2.45, 2.75) is 18.6 Å². The first-order chi connectivity index (χ1) is 9.03. The predicted molar refractivity (Wildman–Crippen MR) is 77.7 cm³/mol. The van der Waals surface area contributed by atoms with Gasteiger partial charge in [0, 0.05) is 26.1 Å². The number of ether oxygens (including phenoxy) is 1. The highest BCUT2D eigenvalue weighted by Gasteiger charge is 2.20. The van der Waals surface area contributed by atoms with Crippen LogP contribution in [0.4, 0.5) is 0 Å². The first-order valence-corrected chi connectivity index (χ1v) is 8.28. The third-order valence-electron chi connectivity index (χ3n) is 2.79. The summed E-state index contributed by atoms with van der Waals surface area (Å²) in [6.07, 6.45) is 0. The number of nitrogens with zero attached hydrogens (tertiary/aromatic N) is 1. The van der Waals surface area contributed by atoms with Crippen LogP contribution in [0.1, 0.15) is 18.1 Å². The lowest BCUT2D eigenvalue weighted by Crippen LogP contribution is -2.34. The van der Waals surface area contributed by atoms with Crippen LogP contribution in [0, 0.1) is 0 Å². The van der Waals surface area contributed by atoms with Crippen molar-refractivity contribution in [2.24, 2.45) is 0 Å². The molecule has 0 N–H and O–H groups in total. The molecule has 0 heterocycles. The molecule has 0 bridgehead atoms. The highest BCUT2D eigenvalue weighted by atomic mass is 35.5. The third-order valence-corrected chi connectivity index (χ3v) is 5.02. The van der Waals surface area contributed by atoms with Gasteiger partial charge in [0.15, 0.2) is 0 Å². The first kappa shape index (κ1) is 16.4. The summed E-state index contributed by atoms with van der Waals surface area (Å²) >= 11 is 5.75. The normalized spacial score (nSPS) is 12.0. The predicted octanol–water partition coefficient (Wildman–Crippen LogP) is 2.22. The van der Waals surface area contributed by atoms with Gasteiger partial charge < -0.3 is 4.74 Å². The van der Waals surface area contributed by atoms with E-state index in [2.05, 4.69) is 0 Å². The fraction of sp³-hybridized carbons (Fsp3) is 0.538. The van der Waals surface area contributed by atoms with Gasteiger partial charge in [-0.05, 0) is 11.1 Å². The first-order valence-electron chi connectivity index (χ1n) is 6.14. The number of benzene rings is 1. The molecule has 0 amide bonds. The van der Waals surface area contributed by atoms with Crippen LogP contribution < -0.4 is 0 Å². The Balaban J connectivity index is 2.81. The van der Waals surface area contributed by atoms with E-state index in [1.807, 2.05) is 25.1 Å². The maximum Gasteiger partial charge on any atom is 0.218 e. The Kier molecular flexibility index (Phi) is 6.79. The zero-order valence-electron chi connectivity index (χ0n) is 11.3. The number of sulfonamides is 1. The lowest BCUT2D eigenvalue weighted by Gasteiger charge is -2.20. The van der Waals surface area contributed by atoms with Gasteiger partial charge in [-0.15, -0.1) is 11.6 Å². The highest BCUT2D eigenvalue weighted by molar-refractivity contribution is 7.88. The van der Waals surface area contributed by atoms with E-state index >= 15 is 0 Å². The van der Waals surface area contributed by atoms with Gasteiger partial charge in [-0.1, -0.05) is 31.2 Å². The SMILES string of the molecule is CCN(CCOC)S(=O)(=O)Cc1cccc(CCl)c1. The average molecular weight is 306 g/mol. The van der Waals surface area contributed by atoms with Crippen LogP contribution in [0.5, 0.6) is 0 Å². The van der Waals surface area contributed by atoms with Crippen molar-refractivity contribution in [1.29, 1.82) is 0 Å². The zero-order chi connectivity index (χ0) is 14.3. The molecule has 0 saturated carbocycles. The number of hydrogen-bond acceptors (Lipinski definition) is 3. The van der Waals surface area contributed by atoms with Gasteiger partial charge in [0.2, 0.25) is 10.0 Å². The lowest BCUT2D eigenvalue weighted by molar-refractivity contribution is 0.180. The Labute approximate surface area is 120 Å². The number of rotatable bonds is 8. The molecule has 0 aliphatic carbocycles. The van der Waals surface area contributed by atoms with E-state index in [1.165, 1.54) is 4.31 Å². The van der Waals surface area contributed by atoms with E-state index in [-0.39, 0.29) is 5.75 Å². The Morgan fingerprint density at radius 2 is 2.00 bits per heavy atom. The molecular weight excluding hydrogens is 286 g/mol. The van der Waals surface area contributed by atoms with E-state index < -0.39 is 10.0 Å². The minimum atomic E-state index is -3.31. The molecule has 1 rings (SSSR count). The van der Waals surface area contributed by atoms with E-state index in [1.54, 1.807) is 13.2 Å². The zero-order valence-corrected chi connectivity index (χ0v) is 12.9. The summed E-state index contributed by atoms with van der Waals surface area (Å²) in [6.45, 7) is 3.04. The van der Waals surface area contributed by atoms with Gasteiger partial charge in [0.1, 0.15) is 0 Å². The van der Waals surface area contributed by atoms with Crippen molar-refractivity contribution in [2.75, 3.05) is 26.8 Å². The smallest absolute Gasteiger partial charge is 0.218 e. The van der Waals surface area contributed by atoms with E-state index in [0.717, 1.165) is 11.1 Å². The molecule has 1 aromatic carbocycles. The molecule has 0 aliphatic rings. The van der Waals surface area contributed by atoms with Crippen LogP contribution >= 0.6 is 11.6 Å². The Morgan fingerprint density at radius 1 is 1.32 bits per heavy atom. The molecule has 1 aromatic rings. The number of likely N-dealkylation sites (N-methyl/N-ethyl adjacent to an activating group) is 1. The molecule has 0 spiro atoms. The van der Waals surface area contributed by atoms with Crippen LogP contribution in [0.25, 0.3) is 0 Å². The van der Waals surface area contributed by atoms with Crippen molar-refractivity contribution in [3.05, 3.63) is 35.4 Å². The van der Waals surface area contributed by atoms with Crippen molar-refractivity contribution in [3.63, 3.8) is 0 Å². The van der Waals surface area contributed by atoms with E-state index in [0.29, 0.717) is 25.6 Å². The standard InChI is InChI=1S/C13H20ClNO3S/c1-3-15(7-8-18-2)19(16,17)11-13-6-4-5-12(9-13)10-14/h4-6,9H,3,7-8,10-11H2,1-2H3. The third kappa shape index (κ3) is 5.10. The lowest BCUT2D eigenvalue weighted by atomic mass is 10.2. The van der Waals surface area contributed by atoms with Gasteiger partial charge in [-0.3, -0.25) is 0 Å². The van der Waals surface area contributed by atoms with Crippen molar-refractivity contribution < 1.29 is 13.2 Å². The summed E-state index contributed by atoms with van der Waals surface area (Å²) in [5.74, 6) is 0.379. The molecule has 6 heteroatoms. The Hall–Kier alpha value is -0.620. The van der Waals surface area contributed by atoms with Crippen LogP contribution in [-0.2, 0) is 26.4 Å². The van der Waals surface area contributed by atoms with Crippen molar-refractivity contribution >= 4 is 21.6 Å². The van der Waals surface area contributed by atoms with Crippen molar-refractivity contribution in [1.82, 2.24) is 4.31 Å². The van der Waals surface area contributed by atoms with Crippen molar-refractivity contribution in [3.8, 4) is 0 Å². The van der Waals surface area contributed by atoms with Gasteiger partial charge in [0.05, 0.1) is 12.4 Å². The van der Waals surface area contributed by atoms with Crippen LogP contribution in [-0.4, -0.2) is 39.5 Å². The molecule has 108 valence electrons. The highest BCUT2D eigenvalue weighted by Crippen LogP contribution is 2.13. The second-order valence-corrected chi connectivity index (χ2v) is 6.43. The molecular formula is C13H20ClNO3S. The maximum atomic E-state index is 12.3. The summed E-state index contributed by atoms with van der Waals surface area (Å²) in [4.78, 5) is 0. The van der Waals surface area contributed by atoms with Gasteiger partial charge >= 0.3 is 0 Å². The topological polar surface area (TPSA) is 46.6 Å². The summed E-state index contributed by atoms with van der Waals surface area (Å²) in [6, 6.07) is 7.34. The largest absolute Gasteiger partial charge is 0.383 e. The molecule has 0 aromatic heterocycles. The molecule has 4 nitrogen and oxygen atoms in total. The molecule has 0 saturated heterocycles. The van der Waals surface area contributed by atoms with Gasteiger partial charge in [0.25, 0.3) is 0 Å². The fourth-order valence-electron chi connectivity index (χ4n) is 1.79. The quantitative estimate of drug-likeness (QED) is 0.692. The number of alkyl halides is 1. The van der Waals surface area contributed by atoms with Crippen LogP contribution in [0.3, 0.4) is 0 Å². The average Bonchev–Trinajstić information content (AvgIpc) is 2.39. The molecule has 0 radical (unpaired) electrons.